The largest absolute Gasteiger partial charge is 0.365 e. The molecule has 6 heteroatoms. The topological polar surface area (TPSA) is 56.2 Å². The van der Waals surface area contributed by atoms with Gasteiger partial charge in [0.05, 0.1) is 6.33 Å². The second-order valence-corrected chi connectivity index (χ2v) is 7.02. The lowest BCUT2D eigenvalue weighted by Crippen LogP contribution is -2.39. The Kier molecular flexibility index (Phi) is 4.65. The van der Waals surface area contributed by atoms with Crippen molar-refractivity contribution in [2.45, 2.75) is 45.3 Å². The number of amides is 1. The Hall–Kier alpha value is -1.85. The van der Waals surface area contributed by atoms with Gasteiger partial charge in [0.1, 0.15) is 17.1 Å². The third-order valence-electron chi connectivity index (χ3n) is 4.40. The van der Waals surface area contributed by atoms with Gasteiger partial charge in [-0.3, -0.25) is 4.79 Å². The van der Waals surface area contributed by atoms with Crippen LogP contribution in [0.1, 0.15) is 39.7 Å². The molecule has 0 saturated carbocycles. The number of carbonyl (C=O) groups is 1. The predicted molar refractivity (Wildman–Crippen MR) is 95.3 cm³/mol. The maximum atomic E-state index is 12.7. The smallest absolute Gasteiger partial charge is 0.257 e. The Morgan fingerprint density at radius 1 is 1.38 bits per heavy atom. The third-order valence-corrected chi connectivity index (χ3v) is 4.65. The van der Waals surface area contributed by atoms with Gasteiger partial charge in [-0.15, -0.1) is 0 Å². The van der Waals surface area contributed by atoms with Crippen LogP contribution in [0.4, 0.5) is 5.82 Å². The first-order valence-electron chi connectivity index (χ1n) is 8.19. The normalized spacial score (nSPS) is 20.5. The highest BCUT2D eigenvalue weighted by Gasteiger charge is 2.38. The fraction of sp³-hybridized carbons (Fsp3) is 0.444. The Morgan fingerprint density at radius 2 is 2.08 bits per heavy atom. The highest BCUT2D eigenvalue weighted by Crippen LogP contribution is 2.32. The minimum Gasteiger partial charge on any atom is -0.365 e. The van der Waals surface area contributed by atoms with Gasteiger partial charge in [0.15, 0.2) is 0 Å². The van der Waals surface area contributed by atoms with Gasteiger partial charge in [0.2, 0.25) is 0 Å². The fourth-order valence-corrected chi connectivity index (χ4v) is 3.02. The molecule has 1 unspecified atom stereocenters. The van der Waals surface area contributed by atoms with Gasteiger partial charge >= 0.3 is 0 Å². The minimum absolute atomic E-state index is 0.127. The maximum absolute atomic E-state index is 12.7. The number of rotatable bonds is 4. The molecule has 24 heavy (non-hydrogen) atoms. The van der Waals surface area contributed by atoms with Gasteiger partial charge in [-0.05, 0) is 45.7 Å². The van der Waals surface area contributed by atoms with Crippen LogP contribution in [0, 0.1) is 0 Å². The number of hydrogen-bond acceptors (Lipinski definition) is 3. The monoisotopic (exact) mass is 347 g/mol. The summed E-state index contributed by atoms with van der Waals surface area (Å²) >= 11 is 5.97. The van der Waals surface area contributed by atoms with Crippen molar-refractivity contribution < 1.29 is 9.53 Å². The molecule has 0 aliphatic carbocycles. The van der Waals surface area contributed by atoms with E-state index in [0.29, 0.717) is 17.4 Å². The van der Waals surface area contributed by atoms with Crippen LogP contribution in [-0.2, 0) is 9.53 Å². The summed E-state index contributed by atoms with van der Waals surface area (Å²) < 4.78 is 7.61. The molecule has 0 radical (unpaired) electrons. The molecular formula is C18H22ClN3O2. The molecule has 1 aliphatic heterocycles. The van der Waals surface area contributed by atoms with E-state index in [0.717, 1.165) is 24.1 Å². The Labute approximate surface area is 147 Å². The Balaban J connectivity index is 1.97. The number of nitrogens with zero attached hydrogens (tertiary/aromatic N) is 2. The molecule has 3 rings (SSSR count). The summed E-state index contributed by atoms with van der Waals surface area (Å²) in [4.78, 5) is 17.3. The zero-order valence-corrected chi connectivity index (χ0v) is 14.9. The number of aromatic nitrogens is 2. The van der Waals surface area contributed by atoms with Crippen LogP contribution in [0.2, 0.25) is 5.02 Å². The van der Waals surface area contributed by atoms with Gasteiger partial charge in [-0.25, -0.2) is 4.98 Å². The quantitative estimate of drug-likeness (QED) is 0.897. The van der Waals surface area contributed by atoms with E-state index in [1.807, 2.05) is 35.8 Å². The van der Waals surface area contributed by atoms with Crippen molar-refractivity contribution in [3.63, 3.8) is 0 Å². The zero-order valence-electron chi connectivity index (χ0n) is 14.2. The van der Waals surface area contributed by atoms with Crippen molar-refractivity contribution in [1.82, 2.24) is 9.55 Å². The molecule has 2 aromatic rings. The maximum Gasteiger partial charge on any atom is 0.257 e. The molecule has 1 amide bonds. The molecule has 0 spiro atoms. The SMILES string of the molecule is CC(C)n1cnc(-c2ccc(Cl)cc2)c1NC(=O)C1(C)CCCO1. The first kappa shape index (κ1) is 17.0. The first-order chi connectivity index (χ1) is 11.4. The summed E-state index contributed by atoms with van der Waals surface area (Å²) in [6.45, 7) is 6.57. The summed E-state index contributed by atoms with van der Waals surface area (Å²) in [6, 6.07) is 7.61. The Bertz CT molecular complexity index is 731. The van der Waals surface area contributed by atoms with Crippen molar-refractivity contribution in [2.75, 3.05) is 11.9 Å². The number of nitrogens with one attached hydrogen (secondary N) is 1. The van der Waals surface area contributed by atoms with Crippen LogP contribution in [0.15, 0.2) is 30.6 Å². The molecule has 1 atom stereocenters. The van der Waals surface area contributed by atoms with E-state index in [4.69, 9.17) is 16.3 Å². The standard InChI is InChI=1S/C18H22ClN3O2/c1-12(2)22-11-20-15(13-5-7-14(19)8-6-13)16(22)21-17(23)18(3)9-4-10-24-18/h5-8,11-12H,4,9-10H2,1-3H3,(H,21,23). The van der Waals surface area contributed by atoms with E-state index in [-0.39, 0.29) is 11.9 Å². The van der Waals surface area contributed by atoms with Crippen molar-refractivity contribution in [1.29, 1.82) is 0 Å². The number of hydrogen-bond donors (Lipinski definition) is 1. The second kappa shape index (κ2) is 6.57. The van der Waals surface area contributed by atoms with E-state index in [2.05, 4.69) is 24.1 Å². The number of benzene rings is 1. The van der Waals surface area contributed by atoms with Gasteiger partial charge in [-0.2, -0.15) is 0 Å². The predicted octanol–water partition coefficient (Wildman–Crippen LogP) is 4.29. The molecular weight excluding hydrogens is 326 g/mol. The van der Waals surface area contributed by atoms with Crippen LogP contribution in [0.5, 0.6) is 0 Å². The van der Waals surface area contributed by atoms with Crippen LogP contribution < -0.4 is 5.32 Å². The van der Waals surface area contributed by atoms with E-state index < -0.39 is 5.60 Å². The van der Waals surface area contributed by atoms with E-state index in [1.165, 1.54) is 0 Å². The number of halogens is 1. The molecule has 0 bridgehead atoms. The van der Waals surface area contributed by atoms with Crippen molar-refractivity contribution in [3.05, 3.63) is 35.6 Å². The highest BCUT2D eigenvalue weighted by molar-refractivity contribution is 6.30. The number of anilines is 1. The van der Waals surface area contributed by atoms with Crippen molar-refractivity contribution in [3.8, 4) is 11.3 Å². The summed E-state index contributed by atoms with van der Waals surface area (Å²) in [5, 5.41) is 3.71. The van der Waals surface area contributed by atoms with Gasteiger partial charge < -0.3 is 14.6 Å². The molecule has 1 N–H and O–H groups in total. The lowest BCUT2D eigenvalue weighted by molar-refractivity contribution is -0.133. The zero-order chi connectivity index (χ0) is 17.3. The molecule has 1 saturated heterocycles. The number of ether oxygens (including phenoxy) is 1. The van der Waals surface area contributed by atoms with E-state index >= 15 is 0 Å². The summed E-state index contributed by atoms with van der Waals surface area (Å²) in [5.74, 6) is 0.562. The molecule has 1 aromatic carbocycles. The molecule has 2 heterocycles. The summed E-state index contributed by atoms with van der Waals surface area (Å²) in [5.41, 5.74) is 0.866. The molecule has 1 aromatic heterocycles. The summed E-state index contributed by atoms with van der Waals surface area (Å²) in [7, 11) is 0. The third kappa shape index (κ3) is 3.19. The van der Waals surface area contributed by atoms with E-state index in [1.54, 1.807) is 6.33 Å². The van der Waals surface area contributed by atoms with Crippen molar-refractivity contribution >= 4 is 23.3 Å². The van der Waals surface area contributed by atoms with Crippen LogP contribution in [0.3, 0.4) is 0 Å². The Morgan fingerprint density at radius 3 is 2.67 bits per heavy atom. The van der Waals surface area contributed by atoms with Crippen molar-refractivity contribution in [2.24, 2.45) is 0 Å². The average Bonchev–Trinajstić information content (AvgIpc) is 3.16. The summed E-state index contributed by atoms with van der Waals surface area (Å²) in [6.07, 6.45) is 3.38. The molecule has 1 aliphatic rings. The molecule has 128 valence electrons. The van der Waals surface area contributed by atoms with Crippen LogP contribution >= 0.6 is 11.6 Å². The fourth-order valence-electron chi connectivity index (χ4n) is 2.89. The second-order valence-electron chi connectivity index (χ2n) is 6.59. The van der Waals surface area contributed by atoms with Gasteiger partial charge in [-0.1, -0.05) is 23.7 Å². The van der Waals surface area contributed by atoms with E-state index in [9.17, 15) is 4.79 Å². The lowest BCUT2D eigenvalue weighted by atomic mass is 10.0. The van der Waals surface area contributed by atoms with Gasteiger partial charge in [0.25, 0.3) is 5.91 Å². The van der Waals surface area contributed by atoms with Crippen LogP contribution in [-0.4, -0.2) is 27.7 Å². The highest BCUT2D eigenvalue weighted by atomic mass is 35.5. The minimum atomic E-state index is -0.774. The molecule has 5 nitrogen and oxygen atoms in total. The number of carbonyl (C=O) groups excluding carboxylic acids is 1. The van der Waals surface area contributed by atoms with Crippen LogP contribution in [0.25, 0.3) is 11.3 Å². The average molecular weight is 348 g/mol. The number of imidazole rings is 1. The van der Waals surface area contributed by atoms with Gasteiger partial charge in [0, 0.05) is 23.2 Å². The lowest BCUT2D eigenvalue weighted by Gasteiger charge is -2.23. The first-order valence-corrected chi connectivity index (χ1v) is 8.57. The molecule has 1 fully saturated rings.